The summed E-state index contributed by atoms with van der Waals surface area (Å²) in [4.78, 5) is 4.00. The zero-order valence-corrected chi connectivity index (χ0v) is 12.6. The van der Waals surface area contributed by atoms with E-state index in [1.165, 1.54) is 12.8 Å². The third kappa shape index (κ3) is 2.28. The van der Waals surface area contributed by atoms with Crippen molar-refractivity contribution in [2.75, 3.05) is 7.11 Å². The van der Waals surface area contributed by atoms with Crippen molar-refractivity contribution in [1.82, 2.24) is 10.3 Å². The fourth-order valence-corrected chi connectivity index (χ4v) is 3.83. The highest BCUT2D eigenvalue weighted by Gasteiger charge is 2.39. The van der Waals surface area contributed by atoms with E-state index >= 15 is 0 Å². The summed E-state index contributed by atoms with van der Waals surface area (Å²) in [6, 6.07) is 10.6. The highest BCUT2D eigenvalue weighted by molar-refractivity contribution is 5.64. The molecule has 2 aliphatic heterocycles. The molecule has 114 valence electrons. The molecule has 0 unspecified atom stereocenters. The molecule has 4 rings (SSSR count). The van der Waals surface area contributed by atoms with Crippen LogP contribution in [0.5, 0.6) is 5.75 Å². The molecule has 1 aromatic carbocycles. The van der Waals surface area contributed by atoms with Gasteiger partial charge < -0.3 is 10.1 Å². The number of pyridine rings is 1. The Kier molecular flexibility index (Phi) is 3.34. The standard InChI is InChI=1S/C18H19FN2O/c1-22-14-5-2-11(3-6-14)16-8-12(10-20-18(16)19)15-9-13-4-7-17(15)21-13/h2-3,5-6,8,10,13,15,17,21H,4,7,9H2,1H3/t13-,15+,17+/m0/s1. The Morgan fingerprint density at radius 1 is 1.23 bits per heavy atom. The first-order chi connectivity index (χ1) is 10.7. The van der Waals surface area contributed by atoms with Crippen molar-refractivity contribution in [2.24, 2.45) is 0 Å². The third-order valence-corrected chi connectivity index (χ3v) is 4.99. The molecule has 0 spiro atoms. The molecule has 0 radical (unpaired) electrons. The van der Waals surface area contributed by atoms with Gasteiger partial charge in [0.1, 0.15) is 5.75 Å². The molecule has 2 fully saturated rings. The van der Waals surface area contributed by atoms with Crippen molar-refractivity contribution in [2.45, 2.75) is 37.3 Å². The fraction of sp³-hybridized carbons (Fsp3) is 0.389. The highest BCUT2D eigenvalue weighted by atomic mass is 19.1. The first-order valence-electron chi connectivity index (χ1n) is 7.80. The Hall–Kier alpha value is -1.94. The molecule has 4 heteroatoms. The number of nitrogens with one attached hydrogen (secondary N) is 1. The minimum atomic E-state index is -0.412. The summed E-state index contributed by atoms with van der Waals surface area (Å²) in [7, 11) is 1.62. The molecule has 1 aromatic heterocycles. The van der Waals surface area contributed by atoms with Crippen molar-refractivity contribution < 1.29 is 9.13 Å². The molecule has 3 nitrogen and oxygen atoms in total. The Morgan fingerprint density at radius 3 is 2.68 bits per heavy atom. The molecular formula is C18H19FN2O. The summed E-state index contributed by atoms with van der Waals surface area (Å²) in [5, 5.41) is 3.63. The lowest BCUT2D eigenvalue weighted by Gasteiger charge is -2.20. The third-order valence-electron chi connectivity index (χ3n) is 4.99. The number of ether oxygens (including phenoxy) is 1. The molecule has 2 aliphatic rings. The van der Waals surface area contributed by atoms with Crippen LogP contribution in [-0.4, -0.2) is 24.2 Å². The zero-order chi connectivity index (χ0) is 15.1. The van der Waals surface area contributed by atoms with Crippen LogP contribution in [0.2, 0.25) is 0 Å². The van der Waals surface area contributed by atoms with Gasteiger partial charge in [0.05, 0.1) is 7.11 Å². The summed E-state index contributed by atoms with van der Waals surface area (Å²) in [5.41, 5.74) is 2.55. The van der Waals surface area contributed by atoms with Gasteiger partial charge in [-0.25, -0.2) is 4.98 Å². The van der Waals surface area contributed by atoms with E-state index in [-0.39, 0.29) is 0 Å². The number of hydrogen-bond acceptors (Lipinski definition) is 3. The van der Waals surface area contributed by atoms with Crippen molar-refractivity contribution in [3.63, 3.8) is 0 Å². The van der Waals surface area contributed by atoms with E-state index in [1.807, 2.05) is 30.3 Å². The molecule has 2 bridgehead atoms. The quantitative estimate of drug-likeness (QED) is 0.881. The maximum Gasteiger partial charge on any atom is 0.220 e. The van der Waals surface area contributed by atoms with Gasteiger partial charge in [0, 0.05) is 29.8 Å². The maximum absolute atomic E-state index is 14.2. The van der Waals surface area contributed by atoms with Crippen LogP contribution >= 0.6 is 0 Å². The largest absolute Gasteiger partial charge is 0.497 e. The molecular weight excluding hydrogens is 279 g/mol. The number of halogens is 1. The molecule has 2 saturated heterocycles. The topological polar surface area (TPSA) is 34.1 Å². The van der Waals surface area contributed by atoms with Crippen LogP contribution in [0.4, 0.5) is 4.39 Å². The summed E-state index contributed by atoms with van der Waals surface area (Å²) in [6.45, 7) is 0. The molecule has 0 aliphatic carbocycles. The van der Waals surface area contributed by atoms with Gasteiger partial charge in [0.25, 0.3) is 0 Å². The number of benzene rings is 1. The van der Waals surface area contributed by atoms with Gasteiger partial charge in [-0.15, -0.1) is 0 Å². The van der Waals surface area contributed by atoms with Gasteiger partial charge in [-0.1, -0.05) is 12.1 Å². The monoisotopic (exact) mass is 298 g/mol. The lowest BCUT2D eigenvalue weighted by molar-refractivity contribution is 0.415. The van der Waals surface area contributed by atoms with E-state index in [0.29, 0.717) is 23.6 Å². The summed E-state index contributed by atoms with van der Waals surface area (Å²) >= 11 is 0. The fourth-order valence-electron chi connectivity index (χ4n) is 3.83. The second-order valence-electron chi connectivity index (χ2n) is 6.23. The Morgan fingerprint density at radius 2 is 2.05 bits per heavy atom. The van der Waals surface area contributed by atoms with E-state index in [0.717, 1.165) is 23.3 Å². The second-order valence-corrected chi connectivity index (χ2v) is 6.23. The number of aromatic nitrogens is 1. The van der Waals surface area contributed by atoms with Crippen LogP contribution in [0.3, 0.4) is 0 Å². The van der Waals surface area contributed by atoms with Crippen molar-refractivity contribution in [1.29, 1.82) is 0 Å². The van der Waals surface area contributed by atoms with Gasteiger partial charge in [-0.05, 0) is 48.6 Å². The predicted octanol–water partition coefficient (Wildman–Crippen LogP) is 3.50. The Bertz CT molecular complexity index is 686. The summed E-state index contributed by atoms with van der Waals surface area (Å²) < 4.78 is 19.3. The highest BCUT2D eigenvalue weighted by Crippen LogP contribution is 2.40. The smallest absolute Gasteiger partial charge is 0.220 e. The van der Waals surface area contributed by atoms with Gasteiger partial charge in [-0.2, -0.15) is 4.39 Å². The van der Waals surface area contributed by atoms with Crippen LogP contribution in [-0.2, 0) is 0 Å². The average molecular weight is 298 g/mol. The van der Waals surface area contributed by atoms with E-state index < -0.39 is 5.95 Å². The van der Waals surface area contributed by atoms with Crippen LogP contribution in [0, 0.1) is 5.95 Å². The molecule has 0 saturated carbocycles. The zero-order valence-electron chi connectivity index (χ0n) is 12.6. The van der Waals surface area contributed by atoms with Crippen LogP contribution in [0.15, 0.2) is 36.5 Å². The molecule has 2 aromatic rings. The van der Waals surface area contributed by atoms with Crippen LogP contribution in [0.1, 0.15) is 30.7 Å². The number of methoxy groups -OCH3 is 1. The normalized spacial score (nSPS) is 26.4. The van der Waals surface area contributed by atoms with E-state index in [9.17, 15) is 4.39 Å². The second kappa shape index (κ2) is 5.36. The SMILES string of the molecule is COc1ccc(-c2cc([C@H]3C[C@@H]4CC[C@H]3N4)cnc2F)cc1. The number of nitrogens with zero attached hydrogens (tertiary/aromatic N) is 1. The maximum atomic E-state index is 14.2. The minimum absolute atomic E-state index is 0.412. The molecule has 0 amide bonds. The first kappa shape index (κ1) is 13.7. The van der Waals surface area contributed by atoms with Gasteiger partial charge in [0.2, 0.25) is 5.95 Å². The van der Waals surface area contributed by atoms with E-state index in [2.05, 4.69) is 10.3 Å². The number of fused-ring (bicyclic) bond motifs is 2. The van der Waals surface area contributed by atoms with E-state index in [1.54, 1.807) is 13.3 Å². The Balaban J connectivity index is 1.68. The van der Waals surface area contributed by atoms with Gasteiger partial charge in [0.15, 0.2) is 0 Å². The molecule has 3 atom stereocenters. The van der Waals surface area contributed by atoms with E-state index in [4.69, 9.17) is 4.74 Å². The van der Waals surface area contributed by atoms with Crippen LogP contribution in [0.25, 0.3) is 11.1 Å². The van der Waals surface area contributed by atoms with Crippen molar-refractivity contribution in [3.05, 3.63) is 48.0 Å². The van der Waals surface area contributed by atoms with Crippen molar-refractivity contribution in [3.8, 4) is 16.9 Å². The average Bonchev–Trinajstić information content (AvgIpc) is 3.19. The molecule has 3 heterocycles. The van der Waals surface area contributed by atoms with Crippen LogP contribution < -0.4 is 10.1 Å². The molecule has 22 heavy (non-hydrogen) atoms. The molecule has 1 N–H and O–H groups in total. The number of hydrogen-bond donors (Lipinski definition) is 1. The number of rotatable bonds is 3. The Labute approximate surface area is 129 Å². The predicted molar refractivity (Wildman–Crippen MR) is 83.5 cm³/mol. The summed E-state index contributed by atoms with van der Waals surface area (Å²) in [5.74, 6) is 0.819. The minimum Gasteiger partial charge on any atom is -0.497 e. The lowest BCUT2D eigenvalue weighted by Crippen LogP contribution is -2.21. The van der Waals surface area contributed by atoms with Crippen molar-refractivity contribution >= 4 is 0 Å². The van der Waals surface area contributed by atoms with Gasteiger partial charge >= 0.3 is 0 Å². The first-order valence-corrected chi connectivity index (χ1v) is 7.80. The lowest BCUT2D eigenvalue weighted by atomic mass is 9.84. The summed E-state index contributed by atoms with van der Waals surface area (Å²) in [6.07, 6.45) is 5.32. The van der Waals surface area contributed by atoms with Gasteiger partial charge in [-0.3, -0.25) is 0 Å².